The van der Waals surface area contributed by atoms with Crippen LogP contribution in [0.5, 0.6) is 0 Å². The number of hydrogen-bond acceptors (Lipinski definition) is 3. The number of nitrogens with zero attached hydrogens (tertiary/aromatic N) is 1. The number of nitrogens with one attached hydrogen (secondary N) is 1. The Bertz CT molecular complexity index is 553. The molecule has 1 aromatic carbocycles. The highest BCUT2D eigenvalue weighted by molar-refractivity contribution is 7.09. The Kier molecular flexibility index (Phi) is 2.92. The third-order valence-corrected chi connectivity index (χ3v) is 4.54. The Morgan fingerprint density at radius 1 is 1.50 bits per heavy atom. The van der Waals surface area contributed by atoms with Gasteiger partial charge in [0.1, 0.15) is 10.8 Å². The van der Waals surface area contributed by atoms with Crippen LogP contribution in [-0.4, -0.2) is 11.5 Å². The average Bonchev–Trinajstić information content (AvgIpc) is 2.99. The summed E-state index contributed by atoms with van der Waals surface area (Å²) in [4.78, 5) is 4.45. The van der Waals surface area contributed by atoms with Crippen molar-refractivity contribution >= 4 is 11.3 Å². The minimum absolute atomic E-state index is 0.0937. The predicted molar refractivity (Wildman–Crippen MR) is 71.3 cm³/mol. The maximum atomic E-state index is 13.9. The van der Waals surface area contributed by atoms with E-state index in [4.69, 9.17) is 0 Å². The molecule has 1 atom stereocenters. The van der Waals surface area contributed by atoms with Crippen LogP contribution in [0.25, 0.3) is 0 Å². The minimum atomic E-state index is -0.291. The van der Waals surface area contributed by atoms with Crippen LogP contribution in [0, 0.1) is 5.82 Å². The van der Waals surface area contributed by atoms with Gasteiger partial charge in [0.05, 0.1) is 5.54 Å². The van der Waals surface area contributed by atoms with Gasteiger partial charge in [-0.05, 0) is 36.6 Å². The van der Waals surface area contributed by atoms with Gasteiger partial charge in [-0.1, -0.05) is 19.1 Å². The highest BCUT2D eigenvalue weighted by Crippen LogP contribution is 2.43. The molecule has 2 nitrogen and oxygen atoms in total. The lowest BCUT2D eigenvalue weighted by Gasteiger charge is -2.29. The van der Waals surface area contributed by atoms with Crippen molar-refractivity contribution < 1.29 is 4.39 Å². The zero-order valence-corrected chi connectivity index (χ0v) is 11.1. The third-order valence-electron chi connectivity index (χ3n) is 3.60. The van der Waals surface area contributed by atoms with Gasteiger partial charge in [0, 0.05) is 11.6 Å². The van der Waals surface area contributed by atoms with Crippen LogP contribution in [0.4, 0.5) is 4.39 Å². The molecule has 0 fully saturated rings. The van der Waals surface area contributed by atoms with Crippen LogP contribution in [0.1, 0.15) is 29.5 Å². The summed E-state index contributed by atoms with van der Waals surface area (Å²) >= 11 is 1.63. The molecule has 94 valence electrons. The molecule has 4 heteroatoms. The lowest BCUT2D eigenvalue weighted by Crippen LogP contribution is -2.41. The van der Waals surface area contributed by atoms with Gasteiger partial charge in [0.15, 0.2) is 0 Å². The first-order valence-corrected chi connectivity index (χ1v) is 7.09. The van der Waals surface area contributed by atoms with Gasteiger partial charge >= 0.3 is 0 Å². The van der Waals surface area contributed by atoms with E-state index in [1.807, 2.05) is 17.6 Å². The average molecular weight is 262 g/mol. The smallest absolute Gasteiger partial charge is 0.126 e. The van der Waals surface area contributed by atoms with E-state index in [-0.39, 0.29) is 11.4 Å². The number of fused-ring (bicyclic) bond motifs is 1. The molecule has 1 aliphatic carbocycles. The molecule has 1 N–H and O–H groups in total. The number of aromatic nitrogens is 1. The normalized spacial score (nSPS) is 22.1. The first kappa shape index (κ1) is 11.8. The Balaban J connectivity index is 2.18. The van der Waals surface area contributed by atoms with Crippen LogP contribution >= 0.6 is 11.3 Å². The van der Waals surface area contributed by atoms with Gasteiger partial charge in [-0.2, -0.15) is 0 Å². The molecule has 1 unspecified atom stereocenters. The van der Waals surface area contributed by atoms with Crippen LogP contribution in [0.2, 0.25) is 0 Å². The summed E-state index contributed by atoms with van der Waals surface area (Å²) in [6.45, 7) is 2.92. The number of benzene rings is 1. The van der Waals surface area contributed by atoms with Crippen molar-refractivity contribution in [1.29, 1.82) is 0 Å². The maximum Gasteiger partial charge on any atom is 0.126 e. The summed E-state index contributed by atoms with van der Waals surface area (Å²) in [7, 11) is 0. The van der Waals surface area contributed by atoms with Crippen LogP contribution in [-0.2, 0) is 12.0 Å². The molecule has 1 heterocycles. The highest BCUT2D eigenvalue weighted by Gasteiger charge is 2.42. The maximum absolute atomic E-state index is 13.9. The minimum Gasteiger partial charge on any atom is -0.302 e. The number of halogens is 1. The topological polar surface area (TPSA) is 24.9 Å². The number of thiazole rings is 1. The predicted octanol–water partition coefficient (Wildman–Crippen LogP) is 3.08. The Morgan fingerprint density at radius 3 is 3.11 bits per heavy atom. The van der Waals surface area contributed by atoms with E-state index in [0.717, 1.165) is 35.5 Å². The van der Waals surface area contributed by atoms with Crippen LogP contribution < -0.4 is 5.32 Å². The molecule has 0 saturated heterocycles. The van der Waals surface area contributed by atoms with Gasteiger partial charge in [-0.15, -0.1) is 11.3 Å². The second-order valence-electron chi connectivity index (χ2n) is 4.54. The van der Waals surface area contributed by atoms with Crippen molar-refractivity contribution in [3.05, 3.63) is 51.7 Å². The second kappa shape index (κ2) is 4.44. The van der Waals surface area contributed by atoms with Crippen LogP contribution in [0.15, 0.2) is 29.8 Å². The first-order chi connectivity index (χ1) is 8.78. The van der Waals surface area contributed by atoms with Gasteiger partial charge in [-0.25, -0.2) is 9.37 Å². The molecule has 2 aromatic rings. The molecule has 18 heavy (non-hydrogen) atoms. The van der Waals surface area contributed by atoms with Crippen molar-refractivity contribution in [2.45, 2.75) is 25.3 Å². The Labute approximate surface area is 110 Å². The largest absolute Gasteiger partial charge is 0.302 e. The molecular formula is C14H15FN2S. The molecule has 0 spiro atoms. The van der Waals surface area contributed by atoms with E-state index in [2.05, 4.69) is 17.2 Å². The van der Waals surface area contributed by atoms with Gasteiger partial charge in [-0.3, -0.25) is 0 Å². The SMILES string of the molecule is CCNC1(c2nccs2)CCc2c(F)cccc21. The van der Waals surface area contributed by atoms with Crippen molar-refractivity contribution in [1.82, 2.24) is 10.3 Å². The van der Waals surface area contributed by atoms with E-state index in [1.54, 1.807) is 23.5 Å². The van der Waals surface area contributed by atoms with Crippen LogP contribution in [0.3, 0.4) is 0 Å². The number of rotatable bonds is 3. The summed E-state index contributed by atoms with van der Waals surface area (Å²) in [5.74, 6) is -0.0937. The molecule has 1 aliphatic rings. The van der Waals surface area contributed by atoms with E-state index in [9.17, 15) is 4.39 Å². The second-order valence-corrected chi connectivity index (χ2v) is 5.43. The zero-order valence-electron chi connectivity index (χ0n) is 10.2. The summed E-state index contributed by atoms with van der Waals surface area (Å²) in [5, 5.41) is 6.54. The standard InChI is InChI=1S/C14H15FN2S/c1-2-17-14(13-16-8-9-18-13)7-6-10-11(14)4-3-5-12(10)15/h3-5,8-9,17H,2,6-7H2,1H3. The van der Waals surface area contributed by atoms with Gasteiger partial charge < -0.3 is 5.32 Å². The fourth-order valence-electron chi connectivity index (χ4n) is 2.88. The third kappa shape index (κ3) is 1.60. The van der Waals surface area contributed by atoms with E-state index in [0.29, 0.717) is 0 Å². The number of hydrogen-bond donors (Lipinski definition) is 1. The zero-order chi connectivity index (χ0) is 12.6. The van der Waals surface area contributed by atoms with Gasteiger partial charge in [0.25, 0.3) is 0 Å². The van der Waals surface area contributed by atoms with Gasteiger partial charge in [0.2, 0.25) is 0 Å². The van der Waals surface area contributed by atoms with E-state index in [1.165, 1.54) is 0 Å². The molecule has 0 saturated carbocycles. The van der Waals surface area contributed by atoms with E-state index >= 15 is 0 Å². The first-order valence-electron chi connectivity index (χ1n) is 6.21. The fourth-order valence-corrected chi connectivity index (χ4v) is 3.73. The van der Waals surface area contributed by atoms with Crippen molar-refractivity contribution in [2.24, 2.45) is 0 Å². The summed E-state index contributed by atoms with van der Waals surface area (Å²) in [6, 6.07) is 5.36. The molecular weight excluding hydrogens is 247 g/mol. The molecule has 0 amide bonds. The summed E-state index contributed by atoms with van der Waals surface area (Å²) in [6.07, 6.45) is 3.47. The van der Waals surface area contributed by atoms with Crippen molar-refractivity contribution in [2.75, 3.05) is 6.54 Å². The monoisotopic (exact) mass is 262 g/mol. The van der Waals surface area contributed by atoms with Crippen molar-refractivity contribution in [3.63, 3.8) is 0 Å². The fraction of sp³-hybridized carbons (Fsp3) is 0.357. The highest BCUT2D eigenvalue weighted by atomic mass is 32.1. The van der Waals surface area contributed by atoms with Crippen molar-refractivity contribution in [3.8, 4) is 0 Å². The molecule has 0 bridgehead atoms. The lowest BCUT2D eigenvalue weighted by atomic mass is 9.92. The Hall–Kier alpha value is -1.26. The van der Waals surface area contributed by atoms with E-state index < -0.39 is 0 Å². The quantitative estimate of drug-likeness (QED) is 0.919. The lowest BCUT2D eigenvalue weighted by molar-refractivity contribution is 0.408. The molecule has 1 aromatic heterocycles. The molecule has 0 aliphatic heterocycles. The summed E-state index contributed by atoms with van der Waals surface area (Å²) < 4.78 is 13.9. The molecule has 0 radical (unpaired) electrons. The summed E-state index contributed by atoms with van der Waals surface area (Å²) in [5.41, 5.74) is 1.60. The molecule has 3 rings (SSSR count). The Morgan fingerprint density at radius 2 is 2.39 bits per heavy atom.